The van der Waals surface area contributed by atoms with Gasteiger partial charge in [0, 0.05) is 61.2 Å². The van der Waals surface area contributed by atoms with Gasteiger partial charge in [0.2, 0.25) is 0 Å². The third-order valence-electron chi connectivity index (χ3n) is 7.38. The maximum atomic E-state index is 15.8. The van der Waals surface area contributed by atoms with Crippen molar-refractivity contribution in [2.24, 2.45) is 7.05 Å². The lowest BCUT2D eigenvalue weighted by Crippen LogP contribution is -2.31. The predicted molar refractivity (Wildman–Crippen MR) is 170 cm³/mol. The second kappa shape index (κ2) is 13.8. The summed E-state index contributed by atoms with van der Waals surface area (Å²) in [5, 5.41) is 5.85. The van der Waals surface area contributed by atoms with E-state index < -0.39 is 5.82 Å². The Kier molecular flexibility index (Phi) is 9.71. The van der Waals surface area contributed by atoms with E-state index in [1.54, 1.807) is 25.2 Å². The Morgan fingerprint density at radius 2 is 1.79 bits per heavy atom. The highest BCUT2D eigenvalue weighted by Crippen LogP contribution is 2.28. The van der Waals surface area contributed by atoms with E-state index in [2.05, 4.69) is 27.4 Å². The average Bonchev–Trinajstić information content (AvgIpc) is 3.01. The molecule has 1 amide bonds. The SMILES string of the molecule is CCCCc1ccccc1C(=O)Nc1cccc(-c2cn(C)c(=O)c(Nc3ccc(CN4CCSCC4)cc3)n2)c1F. The van der Waals surface area contributed by atoms with E-state index in [1.165, 1.54) is 22.4 Å². The maximum Gasteiger partial charge on any atom is 0.293 e. The lowest BCUT2D eigenvalue weighted by Gasteiger charge is -2.26. The zero-order chi connectivity index (χ0) is 29.5. The number of nitrogens with zero attached hydrogens (tertiary/aromatic N) is 3. The van der Waals surface area contributed by atoms with Crippen molar-refractivity contribution in [1.29, 1.82) is 0 Å². The number of nitrogens with one attached hydrogen (secondary N) is 2. The minimum atomic E-state index is -0.616. The van der Waals surface area contributed by atoms with Crippen LogP contribution in [0.5, 0.6) is 0 Å². The largest absolute Gasteiger partial charge is 0.336 e. The fourth-order valence-electron chi connectivity index (χ4n) is 5.01. The number of halogens is 1. The molecule has 0 atom stereocenters. The molecule has 4 aromatic rings. The monoisotopic (exact) mass is 585 g/mol. The van der Waals surface area contributed by atoms with Gasteiger partial charge in [0.25, 0.3) is 11.5 Å². The van der Waals surface area contributed by atoms with Gasteiger partial charge in [-0.2, -0.15) is 11.8 Å². The number of carbonyl (C=O) groups is 1. The van der Waals surface area contributed by atoms with Crippen molar-refractivity contribution in [1.82, 2.24) is 14.5 Å². The second-order valence-corrected chi connectivity index (χ2v) is 11.7. The van der Waals surface area contributed by atoms with E-state index in [4.69, 9.17) is 0 Å². The van der Waals surface area contributed by atoms with E-state index in [0.717, 1.165) is 61.7 Å². The van der Waals surface area contributed by atoms with Crippen molar-refractivity contribution >= 4 is 34.9 Å². The van der Waals surface area contributed by atoms with Gasteiger partial charge in [-0.15, -0.1) is 0 Å². The molecule has 0 spiro atoms. The quantitative estimate of drug-likeness (QED) is 0.222. The summed E-state index contributed by atoms with van der Waals surface area (Å²) >= 11 is 1.99. The van der Waals surface area contributed by atoms with Gasteiger partial charge >= 0.3 is 0 Å². The Morgan fingerprint density at radius 3 is 2.55 bits per heavy atom. The number of anilines is 3. The minimum absolute atomic E-state index is 0.0517. The molecule has 3 aromatic carbocycles. The number of aryl methyl sites for hydroxylation is 2. The molecule has 218 valence electrons. The van der Waals surface area contributed by atoms with Crippen molar-refractivity contribution in [3.63, 3.8) is 0 Å². The number of carbonyl (C=O) groups excluding carboxylic acids is 1. The standard InChI is InChI=1S/C33H36FN5O2S/c1-3-4-8-24-9-5-6-10-26(24)32(40)37-28-12-7-11-27(30(28)34)29-22-38(2)33(41)31(36-29)35-25-15-13-23(14-16-25)21-39-17-19-42-20-18-39/h5-7,9-16,22H,3-4,8,17-21H2,1-2H3,(H,35,36)(H,37,40). The van der Waals surface area contributed by atoms with Gasteiger partial charge in [-0.05, 0) is 54.3 Å². The zero-order valence-corrected chi connectivity index (χ0v) is 24.8. The number of hydrogen-bond acceptors (Lipinski definition) is 6. The van der Waals surface area contributed by atoms with E-state index in [9.17, 15) is 9.59 Å². The van der Waals surface area contributed by atoms with Gasteiger partial charge in [0.1, 0.15) is 0 Å². The molecule has 1 fully saturated rings. The van der Waals surface area contributed by atoms with Gasteiger partial charge in [-0.3, -0.25) is 14.5 Å². The third-order valence-corrected chi connectivity index (χ3v) is 8.32. The van der Waals surface area contributed by atoms with Crippen LogP contribution in [-0.4, -0.2) is 45.0 Å². The molecule has 1 aliphatic heterocycles. The summed E-state index contributed by atoms with van der Waals surface area (Å²) in [6.07, 6.45) is 4.25. The summed E-state index contributed by atoms with van der Waals surface area (Å²) < 4.78 is 17.2. The van der Waals surface area contributed by atoms with Crippen LogP contribution >= 0.6 is 11.8 Å². The summed E-state index contributed by atoms with van der Waals surface area (Å²) in [5.74, 6) is 1.43. The number of unbranched alkanes of at least 4 members (excludes halogenated alkanes) is 1. The summed E-state index contributed by atoms with van der Waals surface area (Å²) in [6, 6.07) is 20.1. The van der Waals surface area contributed by atoms with Crippen LogP contribution in [0.4, 0.5) is 21.6 Å². The van der Waals surface area contributed by atoms with Crippen LogP contribution in [0.25, 0.3) is 11.3 Å². The van der Waals surface area contributed by atoms with E-state index in [-0.39, 0.29) is 34.2 Å². The van der Waals surface area contributed by atoms with Crippen LogP contribution in [0.15, 0.2) is 77.7 Å². The number of benzene rings is 3. The highest BCUT2D eigenvalue weighted by Gasteiger charge is 2.18. The van der Waals surface area contributed by atoms with Crippen molar-refractivity contribution in [3.05, 3.63) is 106 Å². The first-order valence-corrected chi connectivity index (χ1v) is 15.5. The maximum absolute atomic E-state index is 15.8. The molecular formula is C33H36FN5O2S. The second-order valence-electron chi connectivity index (χ2n) is 10.5. The molecule has 2 N–H and O–H groups in total. The smallest absolute Gasteiger partial charge is 0.293 e. The molecule has 0 aliphatic carbocycles. The highest BCUT2D eigenvalue weighted by molar-refractivity contribution is 7.99. The van der Waals surface area contributed by atoms with Crippen LogP contribution in [-0.2, 0) is 20.0 Å². The van der Waals surface area contributed by atoms with Gasteiger partial charge in [-0.25, -0.2) is 9.37 Å². The van der Waals surface area contributed by atoms with Gasteiger partial charge in [0.15, 0.2) is 11.6 Å². The Bertz CT molecular complexity index is 1600. The van der Waals surface area contributed by atoms with Gasteiger partial charge < -0.3 is 15.2 Å². The first kappa shape index (κ1) is 29.5. The predicted octanol–water partition coefficient (Wildman–Crippen LogP) is 6.47. The number of hydrogen-bond donors (Lipinski definition) is 2. The number of thioether (sulfide) groups is 1. The van der Waals surface area contributed by atoms with Gasteiger partial charge in [0.05, 0.1) is 11.4 Å². The molecule has 1 saturated heterocycles. The van der Waals surface area contributed by atoms with Crippen LogP contribution in [0.1, 0.15) is 41.3 Å². The van der Waals surface area contributed by atoms with Crippen LogP contribution in [0, 0.1) is 5.82 Å². The zero-order valence-electron chi connectivity index (χ0n) is 24.0. The van der Waals surface area contributed by atoms with E-state index in [0.29, 0.717) is 5.56 Å². The fraction of sp³-hybridized carbons (Fsp3) is 0.303. The van der Waals surface area contributed by atoms with E-state index >= 15 is 4.39 Å². The van der Waals surface area contributed by atoms with Crippen molar-refractivity contribution in [2.45, 2.75) is 32.7 Å². The Hall–Kier alpha value is -3.95. The topological polar surface area (TPSA) is 79.3 Å². The Labute approximate surface area is 250 Å². The van der Waals surface area contributed by atoms with Crippen molar-refractivity contribution in [3.8, 4) is 11.3 Å². The number of rotatable bonds is 10. The summed E-state index contributed by atoms with van der Waals surface area (Å²) in [6.45, 7) is 5.17. The van der Waals surface area contributed by atoms with Crippen LogP contribution in [0.3, 0.4) is 0 Å². The summed E-state index contributed by atoms with van der Waals surface area (Å²) in [7, 11) is 1.61. The molecular weight excluding hydrogens is 549 g/mol. The molecule has 0 saturated carbocycles. The first-order chi connectivity index (χ1) is 20.4. The number of aromatic nitrogens is 2. The Balaban J connectivity index is 1.35. The van der Waals surface area contributed by atoms with E-state index in [1.807, 2.05) is 54.2 Å². The molecule has 5 rings (SSSR count). The third kappa shape index (κ3) is 7.09. The van der Waals surface area contributed by atoms with Crippen molar-refractivity contribution < 1.29 is 9.18 Å². The normalized spacial score (nSPS) is 13.6. The summed E-state index contributed by atoms with van der Waals surface area (Å²) in [4.78, 5) is 33.0. The molecule has 0 unspecified atom stereocenters. The van der Waals surface area contributed by atoms with Crippen LogP contribution < -0.4 is 16.2 Å². The van der Waals surface area contributed by atoms with Crippen LogP contribution in [0.2, 0.25) is 0 Å². The molecule has 9 heteroatoms. The fourth-order valence-corrected chi connectivity index (χ4v) is 5.99. The highest BCUT2D eigenvalue weighted by atomic mass is 32.2. The molecule has 42 heavy (non-hydrogen) atoms. The molecule has 0 bridgehead atoms. The van der Waals surface area contributed by atoms with Gasteiger partial charge in [-0.1, -0.05) is 49.7 Å². The first-order valence-electron chi connectivity index (χ1n) is 14.3. The number of amides is 1. The summed E-state index contributed by atoms with van der Waals surface area (Å²) in [5.41, 5.74) is 3.56. The molecule has 1 aromatic heterocycles. The molecule has 2 heterocycles. The Morgan fingerprint density at radius 1 is 1.02 bits per heavy atom. The average molecular weight is 586 g/mol. The van der Waals surface area contributed by atoms with Crippen molar-refractivity contribution in [2.75, 3.05) is 35.2 Å². The molecule has 1 aliphatic rings. The molecule has 0 radical (unpaired) electrons. The minimum Gasteiger partial charge on any atom is -0.336 e. The lowest BCUT2D eigenvalue weighted by molar-refractivity contribution is 0.102. The molecule has 7 nitrogen and oxygen atoms in total. The lowest BCUT2D eigenvalue weighted by atomic mass is 10.0.